The zero-order valence-corrected chi connectivity index (χ0v) is 7.03. The summed E-state index contributed by atoms with van der Waals surface area (Å²) in [7, 11) is 0. The third-order valence-electron chi connectivity index (χ3n) is 0.496. The summed E-state index contributed by atoms with van der Waals surface area (Å²) < 4.78 is 0. The maximum absolute atomic E-state index is 9.82. The van der Waals surface area contributed by atoms with Gasteiger partial charge in [0.05, 0.1) is 0 Å². The molecule has 0 unspecified atom stereocenters. The zero-order valence-electron chi connectivity index (χ0n) is 7.03. The molecule has 0 radical (unpaired) electrons. The highest BCUT2D eigenvalue weighted by Gasteiger charge is 1.84. The fraction of sp³-hybridized carbons (Fsp3) is 0.500. The van der Waals surface area contributed by atoms with E-state index in [9.17, 15) is 4.79 Å². The molecule has 0 bridgehead atoms. The number of amides is 3. The Balaban J connectivity index is -0.000000115. The van der Waals surface area contributed by atoms with Crippen LogP contribution in [-0.2, 0) is 14.4 Å². The fourth-order valence-electron chi connectivity index (χ4n) is 0.246. The predicted octanol–water partition coefficient (Wildman–Crippen LogP) is -1.53. The second kappa shape index (κ2) is 22.7. The molecule has 0 aromatic rings. The van der Waals surface area contributed by atoms with Crippen molar-refractivity contribution in [3.05, 3.63) is 0 Å². The Morgan fingerprint density at radius 2 is 1.50 bits per heavy atom. The van der Waals surface area contributed by atoms with Crippen molar-refractivity contribution in [2.75, 3.05) is 0 Å². The number of hydrogen-bond acceptors (Lipinski definition) is 3. The summed E-state index contributed by atoms with van der Waals surface area (Å²) in [6.45, 7) is 1.92. The third kappa shape index (κ3) is 232. The van der Waals surface area contributed by atoms with Gasteiger partial charge in [-0.25, -0.2) is 0 Å². The van der Waals surface area contributed by atoms with Crippen molar-refractivity contribution < 1.29 is 14.4 Å². The third-order valence-corrected chi connectivity index (χ3v) is 0.496. The minimum atomic E-state index is -0.211. The molecule has 0 aliphatic heterocycles. The summed E-state index contributed by atoms with van der Waals surface area (Å²) in [4.78, 5) is 27.0. The van der Waals surface area contributed by atoms with Crippen LogP contribution in [0, 0.1) is 0 Å². The molecule has 0 saturated carbocycles. The van der Waals surface area contributed by atoms with Gasteiger partial charge in [-0.15, -0.1) is 0 Å². The summed E-state index contributed by atoms with van der Waals surface area (Å²) in [5, 5.41) is 0. The number of carbonyl (C=O) groups excluding carboxylic acids is 3. The Morgan fingerprint density at radius 3 is 1.50 bits per heavy atom. The largest absolute Gasteiger partial charge is 0.372 e. The first-order valence-electron chi connectivity index (χ1n) is 3.19. The number of hydrogen-bond donors (Lipinski definition) is 3. The number of primary amides is 3. The standard InChI is InChI=1S/C4H9NO.2CH3NO/c1-2-3-4(5)6;2*2-1-3/h2-3H2,1H3,(H2,5,6);2*1H,(H2,2,3). The maximum atomic E-state index is 9.82. The highest BCUT2D eigenvalue weighted by molar-refractivity contribution is 5.73. The zero-order chi connectivity index (χ0) is 10.4. The Kier molecular flexibility index (Phi) is 31.8. The molecule has 0 rings (SSSR count). The smallest absolute Gasteiger partial charge is 0.217 e. The van der Waals surface area contributed by atoms with Gasteiger partial charge in [0.2, 0.25) is 18.7 Å². The Labute approximate surface area is 71.1 Å². The van der Waals surface area contributed by atoms with Gasteiger partial charge >= 0.3 is 0 Å². The average Bonchev–Trinajstić information content (AvgIpc) is 1.89. The molecule has 0 aromatic carbocycles. The van der Waals surface area contributed by atoms with Crippen LogP contribution in [0.3, 0.4) is 0 Å². The van der Waals surface area contributed by atoms with E-state index in [2.05, 4.69) is 11.5 Å². The topological polar surface area (TPSA) is 129 Å². The van der Waals surface area contributed by atoms with Crippen molar-refractivity contribution >= 4 is 18.7 Å². The number of rotatable bonds is 2. The van der Waals surface area contributed by atoms with Gasteiger partial charge in [-0.05, 0) is 6.42 Å². The van der Waals surface area contributed by atoms with E-state index >= 15 is 0 Å². The van der Waals surface area contributed by atoms with Crippen molar-refractivity contribution in [2.24, 2.45) is 17.2 Å². The SMILES string of the molecule is CCCC(N)=O.NC=O.NC=O. The average molecular weight is 177 g/mol. The summed E-state index contributed by atoms with van der Waals surface area (Å²) in [5.74, 6) is -0.211. The minimum Gasteiger partial charge on any atom is -0.372 e. The molecule has 12 heavy (non-hydrogen) atoms. The van der Waals surface area contributed by atoms with Gasteiger partial charge < -0.3 is 17.2 Å². The van der Waals surface area contributed by atoms with E-state index in [-0.39, 0.29) is 18.7 Å². The molecule has 0 aliphatic rings. The molecule has 3 amide bonds. The van der Waals surface area contributed by atoms with E-state index in [0.29, 0.717) is 6.42 Å². The predicted molar refractivity (Wildman–Crippen MR) is 44.6 cm³/mol. The van der Waals surface area contributed by atoms with Crippen molar-refractivity contribution in [2.45, 2.75) is 19.8 Å². The molecule has 0 spiro atoms. The van der Waals surface area contributed by atoms with E-state index < -0.39 is 0 Å². The summed E-state index contributed by atoms with van der Waals surface area (Å²) >= 11 is 0. The Bertz CT molecular complexity index is 111. The van der Waals surface area contributed by atoms with E-state index in [1.807, 2.05) is 6.92 Å². The van der Waals surface area contributed by atoms with E-state index in [1.54, 1.807) is 0 Å². The summed E-state index contributed by atoms with van der Waals surface area (Å²) in [6.07, 6.45) is 1.87. The van der Waals surface area contributed by atoms with Crippen LogP contribution < -0.4 is 17.2 Å². The molecule has 72 valence electrons. The molecule has 0 saturated heterocycles. The van der Waals surface area contributed by atoms with Crippen LogP contribution in [0.15, 0.2) is 0 Å². The quantitative estimate of drug-likeness (QED) is 0.442. The lowest BCUT2D eigenvalue weighted by atomic mass is 10.3. The molecule has 0 aromatic heterocycles. The second-order valence-electron chi connectivity index (χ2n) is 1.49. The molecule has 0 heterocycles. The fourth-order valence-corrected chi connectivity index (χ4v) is 0.246. The van der Waals surface area contributed by atoms with Crippen LogP contribution in [-0.4, -0.2) is 18.7 Å². The van der Waals surface area contributed by atoms with E-state index in [0.717, 1.165) is 6.42 Å². The van der Waals surface area contributed by atoms with Crippen LogP contribution in [0.5, 0.6) is 0 Å². The number of nitrogens with two attached hydrogens (primary N) is 3. The van der Waals surface area contributed by atoms with Crippen LogP contribution >= 0.6 is 0 Å². The molecule has 6 heteroatoms. The lowest BCUT2D eigenvalue weighted by Crippen LogP contribution is -2.08. The first kappa shape index (κ1) is 16.8. The second-order valence-corrected chi connectivity index (χ2v) is 1.49. The Hall–Kier alpha value is -1.59. The summed E-state index contributed by atoms with van der Waals surface area (Å²) in [6, 6.07) is 0. The lowest BCUT2D eigenvalue weighted by Gasteiger charge is -1.81. The van der Waals surface area contributed by atoms with Gasteiger partial charge in [0.25, 0.3) is 0 Å². The van der Waals surface area contributed by atoms with Gasteiger partial charge in [-0.2, -0.15) is 0 Å². The lowest BCUT2D eigenvalue weighted by molar-refractivity contribution is -0.118. The van der Waals surface area contributed by atoms with Gasteiger partial charge in [0.1, 0.15) is 0 Å². The van der Waals surface area contributed by atoms with Crippen molar-refractivity contribution in [3.8, 4) is 0 Å². The molecule has 0 fully saturated rings. The van der Waals surface area contributed by atoms with E-state index in [1.165, 1.54) is 0 Å². The monoisotopic (exact) mass is 177 g/mol. The van der Waals surface area contributed by atoms with Gasteiger partial charge in [-0.1, -0.05) is 6.92 Å². The van der Waals surface area contributed by atoms with Gasteiger partial charge in [0, 0.05) is 6.42 Å². The van der Waals surface area contributed by atoms with Gasteiger partial charge in [-0.3, -0.25) is 14.4 Å². The Morgan fingerprint density at radius 1 is 1.25 bits per heavy atom. The highest BCUT2D eigenvalue weighted by atomic mass is 16.1. The molecular weight excluding hydrogens is 162 g/mol. The molecule has 0 aliphatic carbocycles. The van der Waals surface area contributed by atoms with E-state index in [4.69, 9.17) is 15.3 Å². The maximum Gasteiger partial charge on any atom is 0.217 e. The molecule has 0 atom stereocenters. The van der Waals surface area contributed by atoms with Crippen molar-refractivity contribution in [1.29, 1.82) is 0 Å². The molecular formula is C6H15N3O3. The van der Waals surface area contributed by atoms with Crippen LogP contribution in [0.4, 0.5) is 0 Å². The van der Waals surface area contributed by atoms with Gasteiger partial charge in [0.15, 0.2) is 0 Å². The normalized spacial score (nSPS) is 6.08. The molecule has 6 N–H and O–H groups in total. The number of carbonyl (C=O) groups is 3. The first-order chi connectivity index (χ1) is 5.60. The molecule has 6 nitrogen and oxygen atoms in total. The van der Waals surface area contributed by atoms with Crippen molar-refractivity contribution in [1.82, 2.24) is 0 Å². The first-order valence-corrected chi connectivity index (χ1v) is 3.19. The van der Waals surface area contributed by atoms with Crippen molar-refractivity contribution in [3.63, 3.8) is 0 Å². The highest BCUT2D eigenvalue weighted by Crippen LogP contribution is 1.79. The van der Waals surface area contributed by atoms with Crippen LogP contribution in [0.2, 0.25) is 0 Å². The summed E-state index contributed by atoms with van der Waals surface area (Å²) in [5.41, 5.74) is 13.1. The van der Waals surface area contributed by atoms with Crippen LogP contribution in [0.1, 0.15) is 19.8 Å². The van der Waals surface area contributed by atoms with Crippen LogP contribution in [0.25, 0.3) is 0 Å². The minimum absolute atomic E-state index is 0.211.